The Morgan fingerprint density at radius 1 is 0.500 bits per heavy atom. The maximum atomic E-state index is 14.1. The minimum atomic E-state index is -0.404. The SMILES string of the molecule is O=C1O[C@@H]2CC[C@@H]3[C@H]4C[C@H]([C@H]5[C@@H]4[C@@H]4[C@@H]6C[C@H]([C@@H]45)[C@H]4[C@@H]6CC[C@H]4OC(=O)C45CC6CC(CC1(C6)C4)C5)[C@@H]32. The number of rotatable bonds is 0. The molecule has 0 aromatic heterocycles. The maximum Gasteiger partial charge on any atom is 0.312 e. The largest absolute Gasteiger partial charge is 0.462 e. The van der Waals surface area contributed by atoms with Gasteiger partial charge in [-0.3, -0.25) is 9.59 Å². The first-order valence-corrected chi connectivity index (χ1v) is 16.0. The molecule has 4 heteroatoms. The van der Waals surface area contributed by atoms with Gasteiger partial charge in [-0.15, -0.1) is 0 Å². The van der Waals surface area contributed by atoms with Crippen molar-refractivity contribution in [3.8, 4) is 0 Å². The van der Waals surface area contributed by atoms with E-state index in [-0.39, 0.29) is 24.1 Å². The van der Waals surface area contributed by atoms with Crippen LogP contribution in [-0.4, -0.2) is 24.1 Å². The van der Waals surface area contributed by atoms with E-state index in [1.165, 1.54) is 32.1 Å². The number of hydrogen-bond donors (Lipinski definition) is 0. The quantitative estimate of drug-likeness (QED) is 0.438. The van der Waals surface area contributed by atoms with E-state index in [1.807, 2.05) is 0 Å². The van der Waals surface area contributed by atoms with E-state index in [4.69, 9.17) is 9.47 Å². The summed E-state index contributed by atoms with van der Waals surface area (Å²) >= 11 is 0. The van der Waals surface area contributed by atoms with E-state index in [9.17, 15) is 9.59 Å². The van der Waals surface area contributed by atoms with E-state index in [0.717, 1.165) is 104 Å². The highest BCUT2D eigenvalue weighted by Gasteiger charge is 2.78. The molecular formula is C32H40O4. The summed E-state index contributed by atoms with van der Waals surface area (Å²) in [6, 6.07) is 0. The third-order valence-electron chi connectivity index (χ3n) is 15.8. The van der Waals surface area contributed by atoms with Crippen LogP contribution < -0.4 is 0 Å². The lowest BCUT2D eigenvalue weighted by molar-refractivity contribution is -0.201. The van der Waals surface area contributed by atoms with Crippen molar-refractivity contribution in [1.82, 2.24) is 0 Å². The fourth-order valence-corrected chi connectivity index (χ4v) is 15.9. The van der Waals surface area contributed by atoms with E-state index in [2.05, 4.69) is 0 Å². The number of carbonyl (C=O) groups is 2. The van der Waals surface area contributed by atoms with Crippen molar-refractivity contribution in [2.24, 2.45) is 93.7 Å². The van der Waals surface area contributed by atoms with Crippen molar-refractivity contribution in [1.29, 1.82) is 0 Å². The lowest BCUT2D eigenvalue weighted by atomic mass is 9.43. The average molecular weight is 489 g/mol. The highest BCUT2D eigenvalue weighted by atomic mass is 16.6. The van der Waals surface area contributed by atoms with Crippen molar-refractivity contribution >= 4 is 11.9 Å². The molecule has 8 bridgehead atoms. The number of ether oxygens (including phenoxy) is 2. The van der Waals surface area contributed by atoms with Crippen molar-refractivity contribution < 1.29 is 19.1 Å². The molecule has 4 nitrogen and oxygen atoms in total. The Balaban J connectivity index is 1.05. The van der Waals surface area contributed by atoms with Crippen LogP contribution >= 0.6 is 0 Å². The van der Waals surface area contributed by atoms with Gasteiger partial charge < -0.3 is 9.47 Å². The second-order valence-electron chi connectivity index (χ2n) is 16.5. The minimum Gasteiger partial charge on any atom is -0.462 e. The van der Waals surface area contributed by atoms with E-state index < -0.39 is 10.8 Å². The van der Waals surface area contributed by atoms with Gasteiger partial charge in [-0.2, -0.15) is 0 Å². The zero-order valence-corrected chi connectivity index (χ0v) is 21.4. The van der Waals surface area contributed by atoms with Gasteiger partial charge in [0, 0.05) is 11.8 Å². The first-order chi connectivity index (χ1) is 17.5. The van der Waals surface area contributed by atoms with Crippen LogP contribution in [0.3, 0.4) is 0 Å². The van der Waals surface area contributed by atoms with Crippen LogP contribution in [0.5, 0.6) is 0 Å². The maximum absolute atomic E-state index is 14.1. The predicted molar refractivity (Wildman–Crippen MR) is 129 cm³/mol. The Labute approximate surface area is 214 Å². The van der Waals surface area contributed by atoms with Gasteiger partial charge in [0.1, 0.15) is 12.2 Å². The Kier molecular flexibility index (Phi) is 3.27. The summed E-state index contributed by atoms with van der Waals surface area (Å²) in [5.74, 6) is 11.5. The topological polar surface area (TPSA) is 52.6 Å². The first-order valence-electron chi connectivity index (χ1n) is 16.0. The van der Waals surface area contributed by atoms with Gasteiger partial charge in [0.2, 0.25) is 0 Å². The molecule has 1 heterocycles. The summed E-state index contributed by atoms with van der Waals surface area (Å²) in [5, 5.41) is 0. The predicted octanol–water partition coefficient (Wildman–Crippen LogP) is 5.24. The second-order valence-corrected chi connectivity index (χ2v) is 16.5. The normalized spacial score (nSPS) is 69.7. The molecule has 0 amide bonds. The Bertz CT molecular complexity index is 1020. The molecule has 36 heavy (non-hydrogen) atoms. The Hall–Kier alpha value is -1.06. The molecule has 12 fully saturated rings. The van der Waals surface area contributed by atoms with Gasteiger partial charge in [-0.05, 0) is 148 Å². The Morgan fingerprint density at radius 3 is 1.42 bits per heavy atom. The number of esters is 2. The van der Waals surface area contributed by atoms with Gasteiger partial charge in [0.25, 0.3) is 0 Å². The monoisotopic (exact) mass is 488 g/mol. The highest BCUT2D eigenvalue weighted by molar-refractivity contribution is 5.83. The molecule has 0 unspecified atom stereocenters. The van der Waals surface area contributed by atoms with Crippen LogP contribution in [0.1, 0.15) is 77.0 Å². The van der Waals surface area contributed by atoms with E-state index >= 15 is 0 Å². The molecule has 0 aromatic rings. The van der Waals surface area contributed by atoms with Gasteiger partial charge in [-0.25, -0.2) is 0 Å². The first kappa shape index (κ1) is 19.9. The number of carbonyl (C=O) groups excluding carboxylic acids is 2. The molecule has 11 saturated carbocycles. The molecule has 0 N–H and O–H groups in total. The summed E-state index contributed by atoms with van der Waals surface area (Å²) in [4.78, 5) is 28.3. The lowest BCUT2D eigenvalue weighted by Crippen LogP contribution is -2.59. The zero-order valence-electron chi connectivity index (χ0n) is 21.4. The molecular weight excluding hydrogens is 448 g/mol. The van der Waals surface area contributed by atoms with E-state index in [0.29, 0.717) is 23.7 Å². The van der Waals surface area contributed by atoms with Crippen molar-refractivity contribution in [2.75, 3.05) is 0 Å². The molecule has 12 aliphatic rings. The number of hydrogen-bond acceptors (Lipinski definition) is 4. The summed E-state index contributed by atoms with van der Waals surface area (Å²) in [5.41, 5.74) is -0.808. The second kappa shape index (κ2) is 5.91. The molecule has 12 rings (SSSR count). The third kappa shape index (κ3) is 1.96. The fourth-order valence-electron chi connectivity index (χ4n) is 15.9. The van der Waals surface area contributed by atoms with Crippen LogP contribution in [0.2, 0.25) is 0 Å². The van der Waals surface area contributed by atoms with Crippen molar-refractivity contribution in [3.05, 3.63) is 0 Å². The molecule has 1 saturated heterocycles. The van der Waals surface area contributed by atoms with Gasteiger partial charge in [-0.1, -0.05) is 0 Å². The molecule has 14 atom stereocenters. The van der Waals surface area contributed by atoms with E-state index in [1.54, 1.807) is 0 Å². The third-order valence-corrected chi connectivity index (χ3v) is 15.8. The minimum absolute atomic E-state index is 0.0991. The van der Waals surface area contributed by atoms with Crippen LogP contribution in [0.15, 0.2) is 0 Å². The van der Waals surface area contributed by atoms with Crippen molar-refractivity contribution in [2.45, 2.75) is 89.3 Å². The highest BCUT2D eigenvalue weighted by Crippen LogP contribution is 2.82. The zero-order chi connectivity index (χ0) is 23.3. The average Bonchev–Trinajstić information content (AvgIpc) is 3.62. The lowest BCUT2D eigenvalue weighted by Gasteiger charge is -2.61. The molecule has 2 spiro atoms. The fraction of sp³-hybridized carbons (Fsp3) is 0.938. The van der Waals surface area contributed by atoms with Crippen molar-refractivity contribution in [3.63, 3.8) is 0 Å². The summed E-state index contributed by atoms with van der Waals surface area (Å²) < 4.78 is 13.3. The van der Waals surface area contributed by atoms with Crippen LogP contribution in [-0.2, 0) is 19.1 Å². The summed E-state index contributed by atoms with van der Waals surface area (Å²) in [6.45, 7) is 0. The smallest absolute Gasteiger partial charge is 0.312 e. The standard InChI is InChI=1S/C32H40O4/c33-29-31-8-13-5-14(9-31)11-32(10-13,12-31)30(34)36-22-4-2-16-18-7-20(24(16)22)28-26(18)25-17-6-19(27(25)28)23-15(17)1-3-21(23)35-29/h13-28H,1-12H2/t13?,14?,15-,16-,17-,18-,19+,20+,21-,22-,23-,24-,25+,26+,27+,28+,31?,32?/m1/s1. The molecule has 0 aromatic carbocycles. The molecule has 11 aliphatic carbocycles. The van der Waals surface area contributed by atoms with Gasteiger partial charge in [0.05, 0.1) is 10.8 Å². The Morgan fingerprint density at radius 2 is 0.944 bits per heavy atom. The molecule has 1 aliphatic heterocycles. The van der Waals surface area contributed by atoms with Crippen LogP contribution in [0, 0.1) is 93.7 Å². The van der Waals surface area contributed by atoms with Gasteiger partial charge in [0.15, 0.2) is 0 Å². The van der Waals surface area contributed by atoms with Gasteiger partial charge >= 0.3 is 11.9 Å². The summed E-state index contributed by atoms with van der Waals surface area (Å²) in [6.07, 6.45) is 13.9. The summed E-state index contributed by atoms with van der Waals surface area (Å²) in [7, 11) is 0. The van der Waals surface area contributed by atoms with Crippen LogP contribution in [0.4, 0.5) is 0 Å². The number of fused-ring (bicyclic) bond motifs is 7. The molecule has 0 radical (unpaired) electrons. The van der Waals surface area contributed by atoms with Crippen LogP contribution in [0.25, 0.3) is 0 Å². The molecule has 192 valence electrons.